The van der Waals surface area contributed by atoms with Crippen LogP contribution >= 0.6 is 0 Å². The van der Waals surface area contributed by atoms with Gasteiger partial charge in [0.25, 0.3) is 15.9 Å². The number of amides is 1. The highest BCUT2D eigenvalue weighted by molar-refractivity contribution is 7.92. The van der Waals surface area contributed by atoms with E-state index in [2.05, 4.69) is 10.0 Å². The van der Waals surface area contributed by atoms with Crippen molar-refractivity contribution >= 4 is 56.5 Å². The molecule has 0 bridgehead atoms. The number of phenolic OH excluding ortho intramolecular Hbond substituents is 3. The Hall–Kier alpha value is -7.77. The third kappa shape index (κ3) is 11.3. The number of ether oxygens (including phenoxy) is 2. The van der Waals surface area contributed by atoms with Crippen molar-refractivity contribution < 1.29 is 57.2 Å². The summed E-state index contributed by atoms with van der Waals surface area (Å²) in [7, 11) is -1.96. The van der Waals surface area contributed by atoms with Crippen molar-refractivity contribution in [1.82, 2.24) is 0 Å². The zero-order valence-corrected chi connectivity index (χ0v) is 35.4. The molecule has 0 aliphatic heterocycles. The van der Waals surface area contributed by atoms with E-state index in [9.17, 15) is 53.0 Å². The first-order valence-corrected chi connectivity index (χ1v) is 20.7. The Kier molecular flexibility index (Phi) is 14.8. The molecule has 5 aromatic carbocycles. The highest BCUT2D eigenvalue weighted by Crippen LogP contribution is 2.41. The average molecular weight is 874 g/mol. The molecule has 0 aromatic heterocycles. The second-order valence-electron chi connectivity index (χ2n) is 14.4. The molecule has 0 saturated carbocycles. The first kappa shape index (κ1) is 46.3. The Labute approximate surface area is 363 Å². The summed E-state index contributed by atoms with van der Waals surface area (Å²) in [6.45, 7) is 2.94. The fourth-order valence-corrected chi connectivity index (χ4v) is 7.58. The molecule has 1 atom stereocenters. The lowest BCUT2D eigenvalue weighted by molar-refractivity contribution is -0.122. The molecule has 1 amide bonds. The number of sulfonamides is 1. The second kappa shape index (κ2) is 20.2. The van der Waals surface area contributed by atoms with Crippen LogP contribution < -0.4 is 19.5 Å². The number of nitrogens with zero attached hydrogens (tertiary/aromatic N) is 1. The lowest BCUT2D eigenvalue weighted by atomic mass is 9.89. The van der Waals surface area contributed by atoms with Crippen LogP contribution in [-0.2, 0) is 32.5 Å². The molecule has 5 N–H and O–H groups in total. The van der Waals surface area contributed by atoms with E-state index in [1.807, 2.05) is 6.07 Å². The van der Waals surface area contributed by atoms with Crippen LogP contribution in [0.5, 0.6) is 28.7 Å². The lowest BCUT2D eigenvalue weighted by Gasteiger charge is -2.17. The summed E-state index contributed by atoms with van der Waals surface area (Å²) in [5.41, 5.74) is 2.08. The lowest BCUT2D eigenvalue weighted by Crippen LogP contribution is -2.20. The monoisotopic (exact) mass is 873 g/mol. The number of Topliss-reactive ketones (excluding diaryl/α,β-unsaturated/α-hetero) is 4. The minimum Gasteiger partial charge on any atom is -0.508 e. The van der Waals surface area contributed by atoms with Gasteiger partial charge >= 0.3 is 0 Å². The van der Waals surface area contributed by atoms with Gasteiger partial charge in [-0.25, -0.2) is 8.42 Å². The molecule has 0 saturated heterocycles. The van der Waals surface area contributed by atoms with Gasteiger partial charge in [-0.1, -0.05) is 48.5 Å². The zero-order valence-electron chi connectivity index (χ0n) is 34.6. The molecule has 16 heteroatoms. The third-order valence-electron chi connectivity index (χ3n) is 9.98. The van der Waals surface area contributed by atoms with Crippen molar-refractivity contribution in [1.29, 1.82) is 5.26 Å². The number of rotatable bonds is 19. The molecule has 0 aliphatic carbocycles. The van der Waals surface area contributed by atoms with Gasteiger partial charge < -0.3 is 30.1 Å². The number of allylic oxidation sites excluding steroid dienone is 1. The fourth-order valence-electron chi connectivity index (χ4n) is 6.51. The summed E-state index contributed by atoms with van der Waals surface area (Å²) in [6, 6.07) is 25.1. The molecular weight excluding hydrogens is 831 g/mol. The summed E-state index contributed by atoms with van der Waals surface area (Å²) in [5, 5.41) is 42.8. The van der Waals surface area contributed by atoms with E-state index in [1.165, 1.54) is 68.6 Å². The quantitative estimate of drug-likeness (QED) is 0.0407. The van der Waals surface area contributed by atoms with Gasteiger partial charge in [0, 0.05) is 37.2 Å². The van der Waals surface area contributed by atoms with E-state index >= 15 is 0 Å². The van der Waals surface area contributed by atoms with Crippen molar-refractivity contribution in [3.05, 3.63) is 136 Å². The molecule has 63 heavy (non-hydrogen) atoms. The summed E-state index contributed by atoms with van der Waals surface area (Å²) < 4.78 is 39.6. The van der Waals surface area contributed by atoms with Crippen molar-refractivity contribution in [2.45, 2.75) is 44.4 Å². The number of anilines is 2. The molecule has 324 valence electrons. The van der Waals surface area contributed by atoms with Crippen LogP contribution in [0.25, 0.3) is 6.08 Å². The molecule has 5 aromatic rings. The molecular formula is C47H43N3O12S. The number of phenols is 3. The Balaban J connectivity index is 1.21. The number of nitrogens with one attached hydrogen (secondary N) is 2. The van der Waals surface area contributed by atoms with Gasteiger partial charge in [-0.15, -0.1) is 0 Å². The maximum atomic E-state index is 13.4. The largest absolute Gasteiger partial charge is 0.508 e. The van der Waals surface area contributed by atoms with Gasteiger partial charge in [0.05, 0.1) is 47.7 Å². The van der Waals surface area contributed by atoms with Crippen molar-refractivity contribution in [3.8, 4) is 34.8 Å². The highest BCUT2D eigenvalue weighted by Gasteiger charge is 2.26. The average Bonchev–Trinajstić information content (AvgIpc) is 3.24. The summed E-state index contributed by atoms with van der Waals surface area (Å²) in [6.07, 6.45) is 1.16. The van der Waals surface area contributed by atoms with E-state index < -0.39 is 44.9 Å². The molecule has 0 aliphatic rings. The maximum Gasteiger partial charge on any atom is 0.262 e. The summed E-state index contributed by atoms with van der Waals surface area (Å²) in [5.74, 6) is -4.83. The van der Waals surface area contributed by atoms with E-state index in [4.69, 9.17) is 9.47 Å². The Bertz CT molecular complexity index is 2760. The first-order valence-electron chi connectivity index (χ1n) is 19.2. The highest BCUT2D eigenvalue weighted by atomic mass is 32.2. The Morgan fingerprint density at radius 3 is 1.89 bits per heavy atom. The van der Waals surface area contributed by atoms with Gasteiger partial charge in [-0.3, -0.25) is 28.7 Å². The molecule has 0 spiro atoms. The standard InChI is InChI=1S/C47H43N3O12S/c1-27(23-29-7-13-34(52)14-8-29)40(53)24-30-5-11-32(12-6-30)42(55)26-33(21-22-48)41(54)25-31-9-15-35(16-10-31)63(59,60)50-39-20-18-37(44(57)46(39)62-4)47(58)49-38-19-17-36(28(2)51)43(56)45(38)61-3/h5-20,23,33,50,52,56-57H,21,24-26H2,1-4H3,(H,49,58)/b27-23+/t33-/m1/s1. The van der Waals surface area contributed by atoms with Gasteiger partial charge in [-0.2, -0.15) is 5.26 Å². The number of aromatic hydroxyl groups is 3. The van der Waals surface area contributed by atoms with E-state index in [0.29, 0.717) is 22.3 Å². The van der Waals surface area contributed by atoms with Gasteiger partial charge in [0.2, 0.25) is 0 Å². The number of hydrogen-bond acceptors (Lipinski definition) is 13. The van der Waals surface area contributed by atoms with Gasteiger partial charge in [0.1, 0.15) is 11.5 Å². The number of ketones is 4. The summed E-state index contributed by atoms with van der Waals surface area (Å²) in [4.78, 5) is 64.2. The minimum atomic E-state index is -4.33. The van der Waals surface area contributed by atoms with Crippen LogP contribution in [-0.4, -0.2) is 67.0 Å². The van der Waals surface area contributed by atoms with Crippen molar-refractivity contribution in [2.75, 3.05) is 24.3 Å². The van der Waals surface area contributed by atoms with E-state index in [-0.39, 0.29) is 81.9 Å². The predicted molar refractivity (Wildman–Crippen MR) is 233 cm³/mol. The van der Waals surface area contributed by atoms with Crippen LogP contribution in [0.2, 0.25) is 0 Å². The van der Waals surface area contributed by atoms with E-state index in [0.717, 1.165) is 18.7 Å². The van der Waals surface area contributed by atoms with Crippen LogP contribution in [0, 0.1) is 17.2 Å². The molecule has 0 radical (unpaired) electrons. The van der Waals surface area contributed by atoms with Crippen LogP contribution in [0.1, 0.15) is 74.5 Å². The Morgan fingerprint density at radius 1 is 0.730 bits per heavy atom. The van der Waals surface area contributed by atoms with Crippen molar-refractivity contribution in [3.63, 3.8) is 0 Å². The van der Waals surface area contributed by atoms with Crippen LogP contribution in [0.15, 0.2) is 108 Å². The number of hydrogen-bond donors (Lipinski definition) is 5. The van der Waals surface area contributed by atoms with Crippen LogP contribution in [0.3, 0.4) is 0 Å². The molecule has 15 nitrogen and oxygen atoms in total. The number of carbonyl (C=O) groups is 5. The maximum absolute atomic E-state index is 13.4. The molecule has 0 unspecified atom stereocenters. The number of benzene rings is 5. The predicted octanol–water partition coefficient (Wildman–Crippen LogP) is 7.21. The number of methoxy groups -OCH3 is 2. The fraction of sp³-hybridized carbons (Fsp3) is 0.191. The summed E-state index contributed by atoms with van der Waals surface area (Å²) >= 11 is 0. The second-order valence-corrected chi connectivity index (χ2v) is 16.1. The first-order chi connectivity index (χ1) is 30.0. The smallest absolute Gasteiger partial charge is 0.262 e. The van der Waals surface area contributed by atoms with Crippen LogP contribution in [0.4, 0.5) is 11.4 Å². The SMILES string of the molecule is COc1c(NC(=O)c2ccc(NS(=O)(=O)c3ccc(CC(=O)[C@H](CC#N)CC(=O)c4ccc(CC(=O)/C(C)=C/c5ccc(O)cc5)cc4)cc3)c(OC)c2O)ccc(C(C)=O)c1O. The Morgan fingerprint density at radius 2 is 1.29 bits per heavy atom. The van der Waals surface area contributed by atoms with E-state index in [1.54, 1.807) is 49.4 Å². The van der Waals surface area contributed by atoms with Crippen molar-refractivity contribution in [2.24, 2.45) is 5.92 Å². The molecule has 5 rings (SSSR count). The zero-order chi connectivity index (χ0) is 46.0. The third-order valence-corrected chi connectivity index (χ3v) is 11.4. The molecule has 0 fully saturated rings. The van der Waals surface area contributed by atoms with Gasteiger partial charge in [-0.05, 0) is 90.7 Å². The topological polar surface area (TPSA) is 246 Å². The number of nitriles is 1. The normalized spacial score (nSPS) is 11.8. The molecule has 0 heterocycles. The number of carbonyl (C=O) groups excluding carboxylic acids is 5. The minimum absolute atomic E-state index is 0.0197. The van der Waals surface area contributed by atoms with Gasteiger partial charge in [0.15, 0.2) is 40.3 Å².